The van der Waals surface area contributed by atoms with Crippen LogP contribution in [0.2, 0.25) is 0 Å². The molecule has 0 bridgehead atoms. The van der Waals surface area contributed by atoms with Gasteiger partial charge < -0.3 is 0 Å². The smallest absolute Gasteiger partial charge is 0.0815 e. The summed E-state index contributed by atoms with van der Waals surface area (Å²) < 4.78 is 0. The molecule has 130 valence electrons. The third-order valence-electron chi connectivity index (χ3n) is 3.86. The number of aryl methyl sites for hydroxylation is 2. The first-order valence-electron chi connectivity index (χ1n) is 8.69. The SMILES string of the molecule is Cc1cccc(C=NCCc2ccc(N=Cc3cccc(C)n3)cc2)n1. The van der Waals surface area contributed by atoms with E-state index >= 15 is 0 Å². The molecule has 4 nitrogen and oxygen atoms in total. The van der Waals surface area contributed by atoms with Gasteiger partial charge in [-0.25, -0.2) is 0 Å². The lowest BCUT2D eigenvalue weighted by molar-refractivity contribution is 0.971. The van der Waals surface area contributed by atoms with Crippen LogP contribution in [0.25, 0.3) is 0 Å². The maximum Gasteiger partial charge on any atom is 0.0815 e. The molecule has 0 saturated heterocycles. The van der Waals surface area contributed by atoms with Gasteiger partial charge in [0.25, 0.3) is 0 Å². The molecule has 0 radical (unpaired) electrons. The van der Waals surface area contributed by atoms with Gasteiger partial charge in [-0.3, -0.25) is 20.0 Å². The number of aliphatic imine (C=N–C) groups is 2. The van der Waals surface area contributed by atoms with Gasteiger partial charge in [0.2, 0.25) is 0 Å². The Kier molecular flexibility index (Phi) is 5.99. The van der Waals surface area contributed by atoms with Gasteiger partial charge in [-0.15, -0.1) is 0 Å². The quantitative estimate of drug-likeness (QED) is 0.619. The molecule has 3 rings (SSSR count). The van der Waals surface area contributed by atoms with Crippen molar-refractivity contribution in [2.45, 2.75) is 20.3 Å². The molecule has 0 aliphatic heterocycles. The first kappa shape index (κ1) is 17.7. The average Bonchev–Trinajstić information content (AvgIpc) is 2.65. The second-order valence-corrected chi connectivity index (χ2v) is 6.12. The maximum absolute atomic E-state index is 4.48. The van der Waals surface area contributed by atoms with Crippen molar-refractivity contribution in [3.63, 3.8) is 0 Å². The molecule has 0 saturated carbocycles. The second-order valence-electron chi connectivity index (χ2n) is 6.12. The minimum Gasteiger partial charge on any atom is -0.291 e. The molecule has 0 N–H and O–H groups in total. The number of aromatic nitrogens is 2. The van der Waals surface area contributed by atoms with Gasteiger partial charge in [0, 0.05) is 24.1 Å². The van der Waals surface area contributed by atoms with Gasteiger partial charge in [0.1, 0.15) is 0 Å². The lowest BCUT2D eigenvalue weighted by Crippen LogP contribution is -1.93. The van der Waals surface area contributed by atoms with E-state index in [1.54, 1.807) is 6.21 Å². The van der Waals surface area contributed by atoms with Crippen LogP contribution in [0.3, 0.4) is 0 Å². The van der Waals surface area contributed by atoms with E-state index in [0.717, 1.165) is 41.4 Å². The summed E-state index contributed by atoms with van der Waals surface area (Å²) in [6.45, 7) is 4.70. The van der Waals surface area contributed by atoms with Gasteiger partial charge in [-0.05, 0) is 62.2 Å². The molecule has 2 heterocycles. The van der Waals surface area contributed by atoms with Crippen molar-refractivity contribution < 1.29 is 0 Å². The van der Waals surface area contributed by atoms with Crippen molar-refractivity contribution in [2.75, 3.05) is 6.54 Å². The Morgan fingerprint density at radius 3 is 2.00 bits per heavy atom. The van der Waals surface area contributed by atoms with E-state index in [4.69, 9.17) is 0 Å². The summed E-state index contributed by atoms with van der Waals surface area (Å²) in [6.07, 6.45) is 4.52. The molecule has 0 aliphatic carbocycles. The van der Waals surface area contributed by atoms with Crippen molar-refractivity contribution >= 4 is 18.1 Å². The monoisotopic (exact) mass is 342 g/mol. The molecule has 3 aromatic rings. The summed E-state index contributed by atoms with van der Waals surface area (Å²) in [5.41, 5.74) is 5.93. The molecule has 0 spiro atoms. The van der Waals surface area contributed by atoms with Crippen LogP contribution < -0.4 is 0 Å². The molecule has 2 aromatic heterocycles. The van der Waals surface area contributed by atoms with Crippen LogP contribution in [0.15, 0.2) is 70.6 Å². The molecule has 0 amide bonds. The van der Waals surface area contributed by atoms with Crippen molar-refractivity contribution in [3.8, 4) is 0 Å². The fourth-order valence-electron chi connectivity index (χ4n) is 2.51. The Balaban J connectivity index is 1.53. The van der Waals surface area contributed by atoms with E-state index in [9.17, 15) is 0 Å². The van der Waals surface area contributed by atoms with Crippen molar-refractivity contribution in [1.82, 2.24) is 9.97 Å². The van der Waals surface area contributed by atoms with E-state index in [2.05, 4.69) is 32.1 Å². The Hall–Kier alpha value is -3.14. The highest BCUT2D eigenvalue weighted by Gasteiger charge is 1.95. The van der Waals surface area contributed by atoms with Crippen molar-refractivity contribution in [1.29, 1.82) is 0 Å². The highest BCUT2D eigenvalue weighted by atomic mass is 14.8. The minimum atomic E-state index is 0.742. The summed E-state index contributed by atoms with van der Waals surface area (Å²) in [5, 5.41) is 0. The van der Waals surface area contributed by atoms with E-state index < -0.39 is 0 Å². The molecule has 1 aromatic carbocycles. The summed E-state index contributed by atoms with van der Waals surface area (Å²) in [7, 11) is 0. The maximum atomic E-state index is 4.48. The summed E-state index contributed by atoms with van der Waals surface area (Å²) >= 11 is 0. The number of hydrogen-bond acceptors (Lipinski definition) is 4. The Morgan fingerprint density at radius 2 is 1.38 bits per heavy atom. The molecule has 26 heavy (non-hydrogen) atoms. The third-order valence-corrected chi connectivity index (χ3v) is 3.86. The van der Waals surface area contributed by atoms with Crippen LogP contribution in [-0.2, 0) is 6.42 Å². The predicted octanol–water partition coefficient (Wildman–Crippen LogP) is 4.51. The van der Waals surface area contributed by atoms with Gasteiger partial charge in [-0.1, -0.05) is 24.3 Å². The molecule has 0 atom stereocenters. The molecule has 0 unspecified atom stereocenters. The Bertz CT molecular complexity index is 911. The van der Waals surface area contributed by atoms with Gasteiger partial charge in [-0.2, -0.15) is 0 Å². The highest BCUT2D eigenvalue weighted by molar-refractivity contribution is 5.79. The first-order valence-corrected chi connectivity index (χ1v) is 8.69. The number of rotatable bonds is 6. The van der Waals surface area contributed by atoms with Gasteiger partial charge >= 0.3 is 0 Å². The van der Waals surface area contributed by atoms with Crippen molar-refractivity contribution in [2.24, 2.45) is 9.98 Å². The van der Waals surface area contributed by atoms with Crippen LogP contribution in [0.4, 0.5) is 5.69 Å². The van der Waals surface area contributed by atoms with Gasteiger partial charge in [0.05, 0.1) is 23.3 Å². The average molecular weight is 342 g/mol. The van der Waals surface area contributed by atoms with Crippen LogP contribution in [0, 0.1) is 13.8 Å². The summed E-state index contributed by atoms with van der Waals surface area (Å²) in [5.74, 6) is 0. The Morgan fingerprint density at radius 1 is 0.769 bits per heavy atom. The van der Waals surface area contributed by atoms with Crippen LogP contribution >= 0.6 is 0 Å². The van der Waals surface area contributed by atoms with Crippen LogP contribution in [-0.4, -0.2) is 28.9 Å². The molecule has 4 heteroatoms. The second kappa shape index (κ2) is 8.81. The molecular formula is C22H22N4. The predicted molar refractivity (Wildman–Crippen MR) is 108 cm³/mol. The van der Waals surface area contributed by atoms with E-state index in [0.29, 0.717) is 0 Å². The lowest BCUT2D eigenvalue weighted by Gasteiger charge is -2.00. The highest BCUT2D eigenvalue weighted by Crippen LogP contribution is 2.13. The van der Waals surface area contributed by atoms with Crippen LogP contribution in [0.1, 0.15) is 28.3 Å². The normalized spacial score (nSPS) is 11.5. The summed E-state index contributed by atoms with van der Waals surface area (Å²) in [4.78, 5) is 17.8. The largest absolute Gasteiger partial charge is 0.291 e. The zero-order chi connectivity index (χ0) is 18.2. The van der Waals surface area contributed by atoms with Crippen LogP contribution in [0.5, 0.6) is 0 Å². The number of hydrogen-bond donors (Lipinski definition) is 0. The fraction of sp³-hybridized carbons (Fsp3) is 0.182. The fourth-order valence-corrected chi connectivity index (χ4v) is 2.51. The zero-order valence-corrected chi connectivity index (χ0v) is 15.1. The molecule has 0 aliphatic rings. The number of pyridine rings is 2. The molecule has 0 fully saturated rings. The van der Waals surface area contributed by atoms with Crippen molar-refractivity contribution in [3.05, 3.63) is 89.0 Å². The molecular weight excluding hydrogens is 320 g/mol. The minimum absolute atomic E-state index is 0.742. The van der Waals surface area contributed by atoms with Gasteiger partial charge in [0.15, 0.2) is 0 Å². The lowest BCUT2D eigenvalue weighted by atomic mass is 10.1. The van der Waals surface area contributed by atoms with E-state index in [-0.39, 0.29) is 0 Å². The van der Waals surface area contributed by atoms with E-state index in [1.165, 1.54) is 5.56 Å². The summed E-state index contributed by atoms with van der Waals surface area (Å²) in [6, 6.07) is 20.1. The first-order chi connectivity index (χ1) is 12.7. The standard InChI is InChI=1S/C22H22N4/c1-17-5-3-7-21(25-17)15-23-14-13-19-9-11-20(12-10-19)24-16-22-8-4-6-18(2)26-22/h3-12,15-16H,13-14H2,1-2H3. The van der Waals surface area contributed by atoms with E-state index in [1.807, 2.05) is 68.6 Å². The Labute approximate surface area is 154 Å². The topological polar surface area (TPSA) is 50.5 Å². The zero-order valence-electron chi connectivity index (χ0n) is 15.1. The number of benzene rings is 1. The third kappa shape index (κ3) is 5.45. The number of nitrogens with zero attached hydrogens (tertiary/aromatic N) is 4.